The molecule has 20 heavy (non-hydrogen) atoms. The summed E-state index contributed by atoms with van der Waals surface area (Å²) < 4.78 is 0. The summed E-state index contributed by atoms with van der Waals surface area (Å²) in [5, 5.41) is 9.54. The summed E-state index contributed by atoms with van der Waals surface area (Å²) in [6.45, 7) is 0.713. The molecule has 102 valence electrons. The number of H-pyrrole nitrogens is 1. The SMILES string of the molecule is NC(=O)N1Cc2[nH]nc(NC(=O)c3cccnc3)c2C1. The monoisotopic (exact) mass is 272 g/mol. The van der Waals surface area contributed by atoms with Crippen LogP contribution < -0.4 is 11.1 Å². The van der Waals surface area contributed by atoms with E-state index in [4.69, 9.17) is 5.73 Å². The number of carbonyl (C=O) groups excluding carboxylic acids is 2. The molecule has 0 fully saturated rings. The lowest BCUT2D eigenvalue weighted by molar-refractivity contribution is 0.102. The molecule has 0 unspecified atom stereocenters. The zero-order valence-corrected chi connectivity index (χ0v) is 10.5. The topological polar surface area (TPSA) is 117 Å². The molecule has 0 radical (unpaired) electrons. The van der Waals surface area contributed by atoms with Gasteiger partial charge in [0.2, 0.25) is 0 Å². The van der Waals surface area contributed by atoms with Gasteiger partial charge in [0.25, 0.3) is 5.91 Å². The average molecular weight is 272 g/mol. The maximum Gasteiger partial charge on any atom is 0.315 e. The van der Waals surface area contributed by atoms with Crippen LogP contribution >= 0.6 is 0 Å². The third-order valence-corrected chi connectivity index (χ3v) is 3.12. The summed E-state index contributed by atoms with van der Waals surface area (Å²) >= 11 is 0. The van der Waals surface area contributed by atoms with E-state index >= 15 is 0 Å². The van der Waals surface area contributed by atoms with E-state index in [2.05, 4.69) is 20.5 Å². The first kappa shape index (κ1) is 12.2. The Labute approximate surface area is 114 Å². The average Bonchev–Trinajstić information content (AvgIpc) is 3.02. The van der Waals surface area contributed by atoms with Gasteiger partial charge in [0.05, 0.1) is 24.3 Å². The lowest BCUT2D eigenvalue weighted by atomic mass is 10.2. The van der Waals surface area contributed by atoms with E-state index in [1.807, 2.05) is 0 Å². The molecule has 8 heteroatoms. The van der Waals surface area contributed by atoms with Crippen molar-refractivity contribution in [1.29, 1.82) is 0 Å². The van der Waals surface area contributed by atoms with Gasteiger partial charge in [0, 0.05) is 18.0 Å². The number of nitrogens with one attached hydrogen (secondary N) is 2. The van der Waals surface area contributed by atoms with E-state index < -0.39 is 6.03 Å². The van der Waals surface area contributed by atoms with Crippen molar-refractivity contribution < 1.29 is 9.59 Å². The van der Waals surface area contributed by atoms with Gasteiger partial charge < -0.3 is 16.0 Å². The largest absolute Gasteiger partial charge is 0.351 e. The fourth-order valence-electron chi connectivity index (χ4n) is 2.08. The molecule has 3 heterocycles. The van der Waals surface area contributed by atoms with Crippen molar-refractivity contribution in [3.63, 3.8) is 0 Å². The molecule has 3 amide bonds. The Hall–Kier alpha value is -2.90. The second-order valence-electron chi connectivity index (χ2n) is 4.42. The molecule has 0 aliphatic carbocycles. The highest BCUT2D eigenvalue weighted by Crippen LogP contribution is 2.26. The Kier molecular flexibility index (Phi) is 2.82. The van der Waals surface area contributed by atoms with Crippen LogP contribution in [0.3, 0.4) is 0 Å². The van der Waals surface area contributed by atoms with Gasteiger partial charge in [0.15, 0.2) is 5.82 Å². The first-order chi connectivity index (χ1) is 9.65. The number of nitrogens with zero attached hydrogens (tertiary/aromatic N) is 3. The Balaban J connectivity index is 1.78. The molecule has 0 bridgehead atoms. The molecule has 8 nitrogen and oxygen atoms in total. The maximum absolute atomic E-state index is 12.0. The normalized spacial score (nSPS) is 13.1. The zero-order valence-electron chi connectivity index (χ0n) is 10.5. The van der Waals surface area contributed by atoms with Crippen molar-refractivity contribution in [1.82, 2.24) is 20.1 Å². The Bertz CT molecular complexity index is 666. The predicted octanol–water partition coefficient (Wildman–Crippen LogP) is 0.451. The zero-order chi connectivity index (χ0) is 14.1. The van der Waals surface area contributed by atoms with Crippen LogP contribution in [0.15, 0.2) is 24.5 Å². The molecule has 0 saturated heterocycles. The molecule has 0 saturated carbocycles. The van der Waals surface area contributed by atoms with Gasteiger partial charge in [-0.1, -0.05) is 0 Å². The number of hydrogen-bond donors (Lipinski definition) is 3. The molecule has 0 spiro atoms. The minimum absolute atomic E-state index is 0.301. The van der Waals surface area contributed by atoms with Gasteiger partial charge in [0.1, 0.15) is 0 Å². The number of anilines is 1. The smallest absolute Gasteiger partial charge is 0.315 e. The molecule has 3 rings (SSSR count). The number of amides is 3. The number of aromatic nitrogens is 3. The van der Waals surface area contributed by atoms with Crippen LogP contribution in [0.5, 0.6) is 0 Å². The van der Waals surface area contributed by atoms with Crippen LogP contribution in [0, 0.1) is 0 Å². The third-order valence-electron chi connectivity index (χ3n) is 3.12. The molecule has 1 aliphatic heterocycles. The highest BCUT2D eigenvalue weighted by Gasteiger charge is 2.27. The van der Waals surface area contributed by atoms with Crippen molar-refractivity contribution in [3.05, 3.63) is 41.3 Å². The van der Waals surface area contributed by atoms with Gasteiger partial charge in [-0.25, -0.2) is 4.79 Å². The third kappa shape index (κ3) is 2.07. The van der Waals surface area contributed by atoms with Crippen LogP contribution in [0.1, 0.15) is 21.6 Å². The lowest BCUT2D eigenvalue weighted by Crippen LogP contribution is -2.31. The van der Waals surface area contributed by atoms with E-state index in [-0.39, 0.29) is 5.91 Å². The summed E-state index contributed by atoms with van der Waals surface area (Å²) in [5.41, 5.74) is 7.24. The second kappa shape index (κ2) is 4.65. The molecule has 0 atom stereocenters. The highest BCUT2D eigenvalue weighted by atomic mass is 16.2. The molecule has 2 aromatic rings. The fraction of sp³-hybridized carbons (Fsp3) is 0.167. The number of fused-ring (bicyclic) bond motifs is 1. The van der Waals surface area contributed by atoms with Crippen molar-refractivity contribution in [2.75, 3.05) is 5.32 Å². The summed E-state index contributed by atoms with van der Waals surface area (Å²) in [5.74, 6) is 0.113. The van der Waals surface area contributed by atoms with Gasteiger partial charge in [-0.3, -0.25) is 14.9 Å². The van der Waals surface area contributed by atoms with Crippen molar-refractivity contribution in [2.45, 2.75) is 13.1 Å². The van der Waals surface area contributed by atoms with Crippen molar-refractivity contribution >= 4 is 17.8 Å². The van der Waals surface area contributed by atoms with Gasteiger partial charge in [-0.15, -0.1) is 0 Å². The van der Waals surface area contributed by atoms with Gasteiger partial charge in [-0.05, 0) is 12.1 Å². The lowest BCUT2D eigenvalue weighted by Gasteiger charge is -2.11. The van der Waals surface area contributed by atoms with Crippen LogP contribution in [-0.4, -0.2) is 32.0 Å². The number of carbonyl (C=O) groups is 2. The first-order valence-corrected chi connectivity index (χ1v) is 5.97. The number of pyridine rings is 1. The van der Waals surface area contributed by atoms with E-state index in [9.17, 15) is 9.59 Å². The standard InChI is InChI=1S/C12H12N6O2/c13-12(20)18-5-8-9(6-18)16-17-10(8)15-11(19)7-2-1-3-14-4-7/h1-4H,5-6H2,(H2,13,20)(H2,15,16,17,19). The van der Waals surface area contributed by atoms with Crippen LogP contribution in [0.25, 0.3) is 0 Å². The van der Waals surface area contributed by atoms with E-state index in [1.165, 1.54) is 11.1 Å². The maximum atomic E-state index is 12.0. The number of aromatic amines is 1. The fourth-order valence-corrected chi connectivity index (χ4v) is 2.08. The number of urea groups is 1. The number of primary amides is 1. The highest BCUT2D eigenvalue weighted by molar-refractivity contribution is 6.04. The molecule has 1 aliphatic rings. The van der Waals surface area contributed by atoms with Crippen molar-refractivity contribution in [2.24, 2.45) is 5.73 Å². The summed E-state index contributed by atoms with van der Waals surface area (Å²) in [7, 11) is 0. The molecule has 4 N–H and O–H groups in total. The van der Waals surface area contributed by atoms with E-state index in [0.717, 1.165) is 11.3 Å². The van der Waals surface area contributed by atoms with Crippen molar-refractivity contribution in [3.8, 4) is 0 Å². The van der Waals surface area contributed by atoms with Crippen LogP contribution in [-0.2, 0) is 13.1 Å². The van der Waals surface area contributed by atoms with E-state index in [0.29, 0.717) is 24.5 Å². The predicted molar refractivity (Wildman–Crippen MR) is 69.6 cm³/mol. The second-order valence-corrected chi connectivity index (χ2v) is 4.42. The molecule has 2 aromatic heterocycles. The summed E-state index contributed by atoms with van der Waals surface area (Å²) in [6.07, 6.45) is 3.06. The number of nitrogens with two attached hydrogens (primary N) is 1. The van der Waals surface area contributed by atoms with E-state index in [1.54, 1.807) is 18.3 Å². The summed E-state index contributed by atoms with van der Waals surface area (Å²) in [4.78, 5) is 28.5. The van der Waals surface area contributed by atoms with Gasteiger partial charge in [-0.2, -0.15) is 5.10 Å². The van der Waals surface area contributed by atoms with Gasteiger partial charge >= 0.3 is 6.03 Å². The number of hydrogen-bond acceptors (Lipinski definition) is 4. The Morgan fingerprint density at radius 3 is 2.95 bits per heavy atom. The molecular formula is C12H12N6O2. The minimum Gasteiger partial charge on any atom is -0.351 e. The quantitative estimate of drug-likeness (QED) is 0.735. The van der Waals surface area contributed by atoms with Crippen LogP contribution in [0.4, 0.5) is 10.6 Å². The minimum atomic E-state index is -0.501. The first-order valence-electron chi connectivity index (χ1n) is 5.97. The summed E-state index contributed by atoms with van der Waals surface area (Å²) in [6, 6.07) is 2.84. The Morgan fingerprint density at radius 2 is 2.25 bits per heavy atom. The van der Waals surface area contributed by atoms with Crippen LogP contribution in [0.2, 0.25) is 0 Å². The Morgan fingerprint density at radius 1 is 1.40 bits per heavy atom. The number of rotatable bonds is 2. The molecule has 0 aromatic carbocycles. The molecular weight excluding hydrogens is 260 g/mol.